The second-order valence-corrected chi connectivity index (χ2v) is 4.60. The molecule has 0 amide bonds. The van der Waals surface area contributed by atoms with Crippen LogP contribution in [0.25, 0.3) is 0 Å². The minimum absolute atomic E-state index is 0.492. The van der Waals surface area contributed by atoms with Gasteiger partial charge in [-0.05, 0) is 36.6 Å². The molecule has 1 fully saturated rings. The van der Waals surface area contributed by atoms with Gasteiger partial charge in [0.15, 0.2) is 0 Å². The molecule has 0 N–H and O–H groups in total. The van der Waals surface area contributed by atoms with Gasteiger partial charge in [-0.25, -0.2) is 0 Å². The first-order valence-electron chi connectivity index (χ1n) is 4.70. The van der Waals surface area contributed by atoms with Crippen molar-refractivity contribution in [3.63, 3.8) is 0 Å². The third kappa shape index (κ3) is 2.36. The van der Waals surface area contributed by atoms with E-state index in [0.29, 0.717) is 4.47 Å². The predicted octanol–water partition coefficient (Wildman–Crippen LogP) is 4.57. The molecule has 0 atom stereocenters. The summed E-state index contributed by atoms with van der Waals surface area (Å²) in [5.41, 5.74) is 0.147. The molecule has 0 bridgehead atoms. The summed E-state index contributed by atoms with van der Waals surface area (Å²) in [5.74, 6) is 1.13. The molecule has 0 nitrogen and oxygen atoms in total. The summed E-state index contributed by atoms with van der Waals surface area (Å²) in [6.07, 6.45) is -1.33. The molecule has 0 spiro atoms. The van der Waals surface area contributed by atoms with Gasteiger partial charge in [-0.1, -0.05) is 22.4 Å². The van der Waals surface area contributed by atoms with Gasteiger partial charge in [0.2, 0.25) is 0 Å². The number of alkyl halides is 3. The van der Waals surface area contributed by atoms with Gasteiger partial charge >= 0.3 is 6.18 Å². The number of hydrogen-bond donors (Lipinski definition) is 0. The molecular formula is C11H9BrF3. The van der Waals surface area contributed by atoms with Crippen molar-refractivity contribution >= 4 is 15.9 Å². The predicted molar refractivity (Wildman–Crippen MR) is 55.3 cm³/mol. The lowest BCUT2D eigenvalue weighted by Crippen LogP contribution is -2.12. The lowest BCUT2D eigenvalue weighted by Gasteiger charge is -2.25. The fraction of sp³-hybridized carbons (Fsp3) is 0.364. The Morgan fingerprint density at radius 3 is 2.20 bits per heavy atom. The van der Waals surface area contributed by atoms with E-state index >= 15 is 0 Å². The molecule has 1 radical (unpaired) electrons. The van der Waals surface area contributed by atoms with Crippen LogP contribution in [0.15, 0.2) is 22.7 Å². The smallest absolute Gasteiger partial charge is 0.166 e. The number of benzene rings is 1. The normalized spacial score (nSPS) is 17.6. The molecule has 0 aliphatic heterocycles. The van der Waals surface area contributed by atoms with Gasteiger partial charge in [0.1, 0.15) is 0 Å². The van der Waals surface area contributed by atoms with Crippen LogP contribution in [0.1, 0.15) is 30.4 Å². The Labute approximate surface area is 94.6 Å². The van der Waals surface area contributed by atoms with Gasteiger partial charge in [0.25, 0.3) is 0 Å². The second kappa shape index (κ2) is 3.81. The summed E-state index contributed by atoms with van der Waals surface area (Å²) in [7, 11) is 0. The maximum atomic E-state index is 12.5. The quantitative estimate of drug-likeness (QED) is 0.705. The SMILES string of the molecule is FC(F)(F)c1cc(Br)cc([C]2CCC2)c1. The highest BCUT2D eigenvalue weighted by molar-refractivity contribution is 9.10. The van der Waals surface area contributed by atoms with E-state index in [1.54, 1.807) is 6.07 Å². The number of rotatable bonds is 1. The summed E-state index contributed by atoms with van der Waals surface area (Å²) in [6.45, 7) is 0. The molecule has 15 heavy (non-hydrogen) atoms. The second-order valence-electron chi connectivity index (χ2n) is 3.68. The van der Waals surface area contributed by atoms with Crippen LogP contribution >= 0.6 is 15.9 Å². The van der Waals surface area contributed by atoms with Crippen molar-refractivity contribution in [2.45, 2.75) is 25.4 Å². The molecule has 1 saturated carbocycles. The van der Waals surface area contributed by atoms with Crippen LogP contribution in [-0.2, 0) is 6.18 Å². The highest BCUT2D eigenvalue weighted by Gasteiger charge is 2.32. The van der Waals surface area contributed by atoms with E-state index in [-0.39, 0.29) is 0 Å². The molecule has 81 valence electrons. The Bertz CT molecular complexity index is 367. The maximum absolute atomic E-state index is 12.5. The topological polar surface area (TPSA) is 0 Å². The van der Waals surface area contributed by atoms with Crippen molar-refractivity contribution in [3.8, 4) is 0 Å². The zero-order valence-electron chi connectivity index (χ0n) is 7.87. The number of hydrogen-bond acceptors (Lipinski definition) is 0. The molecule has 0 unspecified atom stereocenters. The van der Waals surface area contributed by atoms with E-state index in [4.69, 9.17) is 0 Å². The summed E-state index contributed by atoms with van der Waals surface area (Å²) in [5, 5.41) is 0. The Kier molecular flexibility index (Phi) is 2.79. The Morgan fingerprint density at radius 1 is 1.07 bits per heavy atom. The van der Waals surface area contributed by atoms with Crippen molar-refractivity contribution in [1.29, 1.82) is 0 Å². The summed E-state index contributed by atoms with van der Waals surface area (Å²) in [4.78, 5) is 0. The van der Waals surface area contributed by atoms with Crippen molar-refractivity contribution in [1.82, 2.24) is 0 Å². The Hall–Kier alpha value is -0.510. The van der Waals surface area contributed by atoms with Gasteiger partial charge in [0, 0.05) is 10.4 Å². The summed E-state index contributed by atoms with van der Waals surface area (Å²) >= 11 is 3.11. The molecule has 1 aromatic rings. The molecule has 1 aromatic carbocycles. The fourth-order valence-corrected chi connectivity index (χ4v) is 2.09. The largest absolute Gasteiger partial charge is 0.416 e. The van der Waals surface area contributed by atoms with Crippen molar-refractivity contribution in [2.24, 2.45) is 0 Å². The van der Waals surface area contributed by atoms with Crippen LogP contribution in [0, 0.1) is 5.92 Å². The number of halogens is 4. The van der Waals surface area contributed by atoms with E-state index in [9.17, 15) is 13.2 Å². The molecule has 0 aromatic heterocycles. The molecule has 0 heterocycles. The molecule has 1 aliphatic carbocycles. The maximum Gasteiger partial charge on any atom is 0.416 e. The van der Waals surface area contributed by atoms with Crippen molar-refractivity contribution in [3.05, 3.63) is 39.7 Å². The first kappa shape index (κ1) is 11.0. The summed E-state index contributed by atoms with van der Waals surface area (Å²) in [6, 6.07) is 4.10. The van der Waals surface area contributed by atoms with Crippen LogP contribution in [0.3, 0.4) is 0 Å². The van der Waals surface area contributed by atoms with Crippen molar-refractivity contribution in [2.75, 3.05) is 0 Å². The molecule has 2 rings (SSSR count). The standard InChI is InChI=1S/C11H9BrF3/c12-10-5-8(7-2-1-3-7)4-9(6-10)11(13,14)15/h4-6H,1-3H2. The summed E-state index contributed by atoms with van der Waals surface area (Å²) < 4.78 is 38.0. The van der Waals surface area contributed by atoms with Gasteiger partial charge in [0.05, 0.1) is 5.56 Å². The molecule has 0 saturated heterocycles. The van der Waals surface area contributed by atoms with E-state index < -0.39 is 11.7 Å². The molecule has 1 aliphatic rings. The highest BCUT2D eigenvalue weighted by Crippen LogP contribution is 2.39. The van der Waals surface area contributed by atoms with E-state index in [2.05, 4.69) is 15.9 Å². The zero-order chi connectivity index (χ0) is 11.1. The Morgan fingerprint density at radius 2 is 1.73 bits per heavy atom. The highest BCUT2D eigenvalue weighted by atomic mass is 79.9. The lowest BCUT2D eigenvalue weighted by molar-refractivity contribution is -0.137. The zero-order valence-corrected chi connectivity index (χ0v) is 9.45. The van der Waals surface area contributed by atoms with Gasteiger partial charge in [-0.3, -0.25) is 0 Å². The fourth-order valence-electron chi connectivity index (χ4n) is 1.60. The van der Waals surface area contributed by atoms with Gasteiger partial charge in [-0.2, -0.15) is 13.2 Å². The minimum Gasteiger partial charge on any atom is -0.166 e. The third-order valence-corrected chi connectivity index (χ3v) is 3.05. The first-order valence-corrected chi connectivity index (χ1v) is 5.49. The van der Waals surface area contributed by atoms with Crippen LogP contribution in [0.4, 0.5) is 13.2 Å². The van der Waals surface area contributed by atoms with Crippen LogP contribution < -0.4 is 0 Å². The van der Waals surface area contributed by atoms with E-state index in [1.807, 2.05) is 0 Å². The minimum atomic E-state index is -4.26. The van der Waals surface area contributed by atoms with E-state index in [0.717, 1.165) is 36.8 Å². The van der Waals surface area contributed by atoms with Gasteiger partial charge < -0.3 is 0 Å². The monoisotopic (exact) mass is 277 g/mol. The lowest BCUT2D eigenvalue weighted by atomic mass is 9.80. The Balaban J connectivity index is 2.36. The average Bonchev–Trinajstić information content (AvgIpc) is 1.97. The van der Waals surface area contributed by atoms with E-state index in [1.165, 1.54) is 6.07 Å². The first-order chi connectivity index (χ1) is 6.97. The van der Waals surface area contributed by atoms with Gasteiger partial charge in [-0.15, -0.1) is 0 Å². The van der Waals surface area contributed by atoms with Crippen molar-refractivity contribution < 1.29 is 13.2 Å². The van der Waals surface area contributed by atoms with Crippen LogP contribution in [-0.4, -0.2) is 0 Å². The van der Waals surface area contributed by atoms with Crippen LogP contribution in [0.5, 0.6) is 0 Å². The van der Waals surface area contributed by atoms with Crippen LogP contribution in [0.2, 0.25) is 0 Å². The molecular weight excluding hydrogens is 269 g/mol. The molecule has 4 heteroatoms. The average molecular weight is 278 g/mol. The third-order valence-electron chi connectivity index (χ3n) is 2.59.